The highest BCUT2D eigenvalue weighted by molar-refractivity contribution is 6.00. The molecule has 3 unspecified atom stereocenters. The number of aliphatic hydroxyl groups is 1. The quantitative estimate of drug-likeness (QED) is 0.284. The van der Waals surface area contributed by atoms with Crippen molar-refractivity contribution in [3.05, 3.63) is 59.2 Å². The Labute approximate surface area is 237 Å². The molecule has 2 aromatic rings. The van der Waals surface area contributed by atoms with Crippen molar-refractivity contribution in [1.29, 1.82) is 0 Å². The van der Waals surface area contributed by atoms with Crippen LogP contribution in [-0.4, -0.2) is 82.1 Å². The van der Waals surface area contributed by atoms with E-state index >= 15 is 0 Å². The van der Waals surface area contributed by atoms with Gasteiger partial charge in [0.15, 0.2) is 5.82 Å². The number of nitrogens with zero attached hydrogens (tertiary/aromatic N) is 1. The molecule has 42 heavy (non-hydrogen) atoms. The van der Waals surface area contributed by atoms with Gasteiger partial charge in [0.1, 0.15) is 24.0 Å². The molecule has 0 saturated carbocycles. The van der Waals surface area contributed by atoms with Crippen molar-refractivity contribution in [2.75, 3.05) is 6.61 Å². The third kappa shape index (κ3) is 6.62. The monoisotopic (exact) mass is 595 g/mol. The van der Waals surface area contributed by atoms with Gasteiger partial charge < -0.3 is 35.1 Å². The van der Waals surface area contributed by atoms with Gasteiger partial charge in [0, 0.05) is 18.6 Å². The van der Waals surface area contributed by atoms with E-state index in [4.69, 9.17) is 14.2 Å². The molecule has 3 heterocycles. The van der Waals surface area contributed by atoms with Gasteiger partial charge in [-0.2, -0.15) is 13.8 Å². The number of halogens is 3. The number of carbonyl (C=O) groups is 4. The lowest BCUT2D eigenvalue weighted by atomic mass is 9.92. The molecule has 226 valence electrons. The van der Waals surface area contributed by atoms with E-state index in [9.17, 15) is 42.6 Å². The number of pyridine rings is 1. The minimum atomic E-state index is -1.82. The molecule has 2 aliphatic heterocycles. The van der Waals surface area contributed by atoms with Crippen LogP contribution >= 0.6 is 0 Å². The van der Waals surface area contributed by atoms with E-state index in [-0.39, 0.29) is 12.2 Å². The molecule has 0 spiro atoms. The highest BCUT2D eigenvalue weighted by Gasteiger charge is 2.44. The van der Waals surface area contributed by atoms with Crippen molar-refractivity contribution in [2.45, 2.75) is 63.2 Å². The Kier molecular flexibility index (Phi) is 9.31. The minimum Gasteiger partial charge on any atom is -0.507 e. The third-order valence-corrected chi connectivity index (χ3v) is 7.06. The fraction of sp³-hybridized carbons (Fsp3) is 0.444. The molecule has 2 amide bonds. The number of carbonyl (C=O) groups excluding carboxylic acids is 4. The minimum absolute atomic E-state index is 0.218. The number of para-hydroxylation sites is 1. The van der Waals surface area contributed by atoms with Gasteiger partial charge >= 0.3 is 11.9 Å². The molecule has 0 radical (unpaired) electrons. The number of rotatable bonds is 5. The van der Waals surface area contributed by atoms with Crippen LogP contribution in [-0.2, 0) is 35.0 Å². The van der Waals surface area contributed by atoms with E-state index in [1.54, 1.807) is 0 Å². The van der Waals surface area contributed by atoms with Crippen molar-refractivity contribution >= 4 is 23.8 Å². The molecule has 1 aromatic heterocycles. The summed E-state index contributed by atoms with van der Waals surface area (Å²) in [4.78, 5) is 55.3. The van der Waals surface area contributed by atoms with Gasteiger partial charge in [0.2, 0.25) is 18.0 Å². The first-order valence-electron chi connectivity index (χ1n) is 13.0. The predicted octanol–water partition coefficient (Wildman–Crippen LogP) is 0.673. The number of aliphatic hydroxyl groups excluding tert-OH is 1. The van der Waals surface area contributed by atoms with Crippen molar-refractivity contribution in [3.63, 3.8) is 0 Å². The number of phenolic OH excluding ortho intramolecular Hbond substituents is 1. The SMILES string of the molecule is C[C@H]1OC(=O)C(C2CCO2)OC(=O)[C@H](C)[C@H](O)C(Cc2cc(F)c(F)nc2F)NC(=O)[C@H]1NC(=O)c1ccccc1O. The fourth-order valence-corrected chi connectivity index (χ4v) is 4.48. The van der Waals surface area contributed by atoms with E-state index in [2.05, 4.69) is 15.6 Å². The van der Waals surface area contributed by atoms with Crippen LogP contribution in [0.3, 0.4) is 0 Å². The lowest BCUT2D eigenvalue weighted by Crippen LogP contribution is -2.60. The number of amides is 2. The molecular formula is C27H28F3N3O9. The Morgan fingerprint density at radius 3 is 2.43 bits per heavy atom. The molecule has 1 aromatic carbocycles. The summed E-state index contributed by atoms with van der Waals surface area (Å²) in [6, 6.07) is 2.68. The maximum Gasteiger partial charge on any atom is 0.350 e. The van der Waals surface area contributed by atoms with Crippen LogP contribution in [0.1, 0.15) is 36.2 Å². The van der Waals surface area contributed by atoms with E-state index < -0.39 is 102 Å². The second-order valence-corrected chi connectivity index (χ2v) is 9.98. The van der Waals surface area contributed by atoms with Crippen molar-refractivity contribution in [3.8, 4) is 5.75 Å². The number of aromatic hydroxyl groups is 1. The summed E-state index contributed by atoms with van der Waals surface area (Å²) in [7, 11) is 0. The normalized spacial score (nSPS) is 28.7. The summed E-state index contributed by atoms with van der Waals surface area (Å²) < 4.78 is 57.8. The number of benzene rings is 1. The molecule has 12 nitrogen and oxygen atoms in total. The fourth-order valence-electron chi connectivity index (χ4n) is 4.48. The van der Waals surface area contributed by atoms with E-state index in [1.807, 2.05) is 0 Å². The molecule has 7 atom stereocenters. The van der Waals surface area contributed by atoms with Gasteiger partial charge in [-0.05, 0) is 38.5 Å². The van der Waals surface area contributed by atoms with Crippen LogP contribution in [0.4, 0.5) is 13.2 Å². The van der Waals surface area contributed by atoms with Crippen LogP contribution < -0.4 is 10.6 Å². The summed E-state index contributed by atoms with van der Waals surface area (Å²) >= 11 is 0. The molecule has 4 rings (SSSR count). The number of ether oxygens (including phenoxy) is 3. The Morgan fingerprint density at radius 2 is 1.79 bits per heavy atom. The highest BCUT2D eigenvalue weighted by atomic mass is 19.2. The topological polar surface area (TPSA) is 173 Å². The first kappa shape index (κ1) is 30.7. The number of nitrogens with one attached hydrogen (secondary N) is 2. The molecule has 2 fully saturated rings. The van der Waals surface area contributed by atoms with Gasteiger partial charge in [0.25, 0.3) is 11.9 Å². The number of cyclic esters (lactones) is 2. The van der Waals surface area contributed by atoms with Gasteiger partial charge in [-0.3, -0.25) is 14.4 Å². The molecule has 0 aliphatic carbocycles. The largest absolute Gasteiger partial charge is 0.507 e. The maximum absolute atomic E-state index is 14.4. The number of phenols is 1. The smallest absolute Gasteiger partial charge is 0.350 e. The summed E-state index contributed by atoms with van der Waals surface area (Å²) in [5.41, 5.74) is -0.759. The van der Waals surface area contributed by atoms with Crippen molar-refractivity contribution < 1.29 is 56.8 Å². The van der Waals surface area contributed by atoms with E-state index in [0.29, 0.717) is 12.5 Å². The lowest BCUT2D eigenvalue weighted by Gasteiger charge is -2.36. The van der Waals surface area contributed by atoms with E-state index in [1.165, 1.54) is 38.1 Å². The second-order valence-electron chi connectivity index (χ2n) is 9.98. The Morgan fingerprint density at radius 1 is 1.10 bits per heavy atom. The molecule has 0 bridgehead atoms. The van der Waals surface area contributed by atoms with E-state index in [0.717, 1.165) is 0 Å². The average Bonchev–Trinajstić information content (AvgIpc) is 2.91. The highest BCUT2D eigenvalue weighted by Crippen LogP contribution is 2.24. The van der Waals surface area contributed by atoms with Gasteiger partial charge in [-0.1, -0.05) is 12.1 Å². The summed E-state index contributed by atoms with van der Waals surface area (Å²) in [5, 5.41) is 25.9. The van der Waals surface area contributed by atoms with Crippen LogP contribution in [0.2, 0.25) is 0 Å². The molecule has 4 N–H and O–H groups in total. The summed E-state index contributed by atoms with van der Waals surface area (Å²) in [6.45, 7) is 2.74. The molecule has 2 aliphatic rings. The molecule has 2 saturated heterocycles. The average molecular weight is 596 g/mol. The van der Waals surface area contributed by atoms with Crippen molar-refractivity contribution in [2.24, 2.45) is 5.92 Å². The van der Waals surface area contributed by atoms with Gasteiger partial charge in [-0.15, -0.1) is 0 Å². The summed E-state index contributed by atoms with van der Waals surface area (Å²) in [5.74, 6) is -10.6. The Bertz CT molecular complexity index is 1370. The predicted molar refractivity (Wildman–Crippen MR) is 134 cm³/mol. The zero-order chi connectivity index (χ0) is 30.7. The number of hydrogen-bond acceptors (Lipinski definition) is 10. The van der Waals surface area contributed by atoms with Crippen LogP contribution in [0.15, 0.2) is 30.3 Å². The number of esters is 2. The number of hydrogen-bond donors (Lipinski definition) is 4. The van der Waals surface area contributed by atoms with Gasteiger partial charge in [0.05, 0.1) is 23.6 Å². The first-order valence-corrected chi connectivity index (χ1v) is 13.0. The molecule has 15 heteroatoms. The standard InChI is InChI=1S/C27H28F3N3O9/c1-11-20(35)16(10-13-9-15(28)23(30)33-22(13)29)31-25(37)19(32-24(36)14-5-3-4-6-17(14)34)12(2)41-27(39)21(42-26(11)38)18-7-8-40-18/h3-6,9,11-12,16,18-21,34-35H,7-8,10H2,1-2H3,(H,31,37)(H,32,36)/t11-,12-,16?,18?,19+,20+,21?/m1/s1. The first-order chi connectivity index (χ1) is 19.9. The van der Waals surface area contributed by atoms with Gasteiger partial charge in [-0.25, -0.2) is 9.18 Å². The number of aromatic nitrogens is 1. The lowest BCUT2D eigenvalue weighted by molar-refractivity contribution is -0.198. The maximum atomic E-state index is 14.4. The molecular weight excluding hydrogens is 567 g/mol. The third-order valence-electron chi connectivity index (χ3n) is 7.06. The van der Waals surface area contributed by atoms with Crippen LogP contribution in [0.25, 0.3) is 0 Å². The summed E-state index contributed by atoms with van der Waals surface area (Å²) in [6.07, 6.45) is -6.04. The van der Waals surface area contributed by atoms with Crippen molar-refractivity contribution in [1.82, 2.24) is 15.6 Å². The zero-order valence-corrected chi connectivity index (χ0v) is 22.4. The Hall–Kier alpha value is -4.24. The zero-order valence-electron chi connectivity index (χ0n) is 22.4. The van der Waals surface area contributed by atoms with Crippen LogP contribution in [0, 0.1) is 23.6 Å². The van der Waals surface area contributed by atoms with Crippen LogP contribution in [0.5, 0.6) is 5.75 Å². The second kappa shape index (κ2) is 12.7. The Balaban J connectivity index is 1.71.